The highest BCUT2D eigenvalue weighted by Gasteiger charge is 2.09. The number of aliphatic hydroxyl groups excluding tert-OH is 1. The maximum Gasteiger partial charge on any atom is 0.0916 e. The minimum Gasteiger partial charge on any atom is -0.387 e. The van der Waals surface area contributed by atoms with E-state index in [9.17, 15) is 5.11 Å². The van der Waals surface area contributed by atoms with Crippen molar-refractivity contribution in [3.63, 3.8) is 0 Å². The number of likely N-dealkylation sites (N-methyl/N-ethyl adjacent to an activating group) is 1. The lowest BCUT2D eigenvalue weighted by Crippen LogP contribution is -2.28. The molecular weight excluding hydrogens is 174 g/mol. The zero-order valence-electron chi connectivity index (χ0n) is 8.98. The van der Waals surface area contributed by atoms with Crippen LogP contribution in [-0.4, -0.2) is 29.6 Å². The number of benzene rings is 1. The number of aliphatic hydroxyl groups is 1. The van der Waals surface area contributed by atoms with Gasteiger partial charge in [-0.1, -0.05) is 44.2 Å². The summed E-state index contributed by atoms with van der Waals surface area (Å²) in [6.07, 6.45) is -0.365. The van der Waals surface area contributed by atoms with Gasteiger partial charge in [-0.15, -0.1) is 0 Å². The minimum absolute atomic E-state index is 0.365. The maximum absolute atomic E-state index is 9.91. The summed E-state index contributed by atoms with van der Waals surface area (Å²) in [5.74, 6) is 0. The first-order valence-electron chi connectivity index (χ1n) is 5.23. The zero-order valence-corrected chi connectivity index (χ0v) is 8.98. The molecule has 0 amide bonds. The van der Waals surface area contributed by atoms with Gasteiger partial charge >= 0.3 is 0 Å². The van der Waals surface area contributed by atoms with Gasteiger partial charge < -0.3 is 10.0 Å². The Morgan fingerprint density at radius 3 is 2.21 bits per heavy atom. The van der Waals surface area contributed by atoms with Gasteiger partial charge in [-0.2, -0.15) is 0 Å². The predicted molar refractivity (Wildman–Crippen MR) is 59.2 cm³/mol. The summed E-state index contributed by atoms with van der Waals surface area (Å²) in [6, 6.07) is 9.82. The fourth-order valence-corrected chi connectivity index (χ4v) is 1.51. The molecule has 0 saturated carbocycles. The van der Waals surface area contributed by atoms with Crippen LogP contribution < -0.4 is 0 Å². The highest BCUT2D eigenvalue weighted by atomic mass is 16.3. The Morgan fingerprint density at radius 1 is 1.14 bits per heavy atom. The fraction of sp³-hybridized carbons (Fsp3) is 0.500. The monoisotopic (exact) mass is 193 g/mol. The summed E-state index contributed by atoms with van der Waals surface area (Å²) >= 11 is 0. The van der Waals surface area contributed by atoms with Gasteiger partial charge in [0.25, 0.3) is 0 Å². The van der Waals surface area contributed by atoms with Gasteiger partial charge in [0.05, 0.1) is 6.10 Å². The van der Waals surface area contributed by atoms with E-state index in [0.717, 1.165) is 25.2 Å². The summed E-state index contributed by atoms with van der Waals surface area (Å²) in [7, 11) is 0. The summed E-state index contributed by atoms with van der Waals surface area (Å²) in [4.78, 5) is 2.22. The van der Waals surface area contributed by atoms with E-state index in [2.05, 4.69) is 18.7 Å². The quantitative estimate of drug-likeness (QED) is 0.773. The van der Waals surface area contributed by atoms with E-state index in [-0.39, 0.29) is 6.10 Å². The minimum atomic E-state index is -0.365. The highest BCUT2D eigenvalue weighted by Crippen LogP contribution is 2.13. The third-order valence-electron chi connectivity index (χ3n) is 2.51. The van der Waals surface area contributed by atoms with E-state index in [0.29, 0.717) is 0 Å². The first-order valence-corrected chi connectivity index (χ1v) is 5.23. The molecule has 0 saturated heterocycles. The molecule has 2 heteroatoms. The molecular formula is C12H19NO. The van der Waals surface area contributed by atoms with E-state index in [4.69, 9.17) is 0 Å². The molecule has 0 heterocycles. The Morgan fingerprint density at radius 2 is 1.71 bits per heavy atom. The number of nitrogens with zero attached hydrogens (tertiary/aromatic N) is 1. The van der Waals surface area contributed by atoms with Gasteiger partial charge in [-0.05, 0) is 18.7 Å². The Bertz CT molecular complexity index is 244. The van der Waals surface area contributed by atoms with E-state index >= 15 is 0 Å². The van der Waals surface area contributed by atoms with Crippen LogP contribution in [0.4, 0.5) is 0 Å². The number of rotatable bonds is 5. The molecule has 1 aromatic rings. The van der Waals surface area contributed by atoms with Crippen LogP contribution in [0, 0.1) is 0 Å². The SMILES string of the molecule is CCN(CC)C[C@H](O)c1ccccc1. The van der Waals surface area contributed by atoms with Gasteiger partial charge in [0.1, 0.15) is 0 Å². The number of hydrogen-bond donors (Lipinski definition) is 1. The summed E-state index contributed by atoms with van der Waals surface area (Å²) < 4.78 is 0. The van der Waals surface area contributed by atoms with Crippen molar-refractivity contribution in [3.8, 4) is 0 Å². The van der Waals surface area contributed by atoms with Crippen LogP contribution in [0.3, 0.4) is 0 Å². The smallest absolute Gasteiger partial charge is 0.0916 e. The van der Waals surface area contributed by atoms with Gasteiger partial charge in [0.15, 0.2) is 0 Å². The predicted octanol–water partition coefficient (Wildman–Crippen LogP) is 2.06. The van der Waals surface area contributed by atoms with Crippen molar-refractivity contribution in [2.75, 3.05) is 19.6 Å². The van der Waals surface area contributed by atoms with Crippen LogP contribution in [0.15, 0.2) is 30.3 Å². The van der Waals surface area contributed by atoms with Crippen molar-refractivity contribution in [2.45, 2.75) is 20.0 Å². The van der Waals surface area contributed by atoms with Crippen LogP contribution in [0.1, 0.15) is 25.5 Å². The van der Waals surface area contributed by atoms with Crippen LogP contribution in [0.25, 0.3) is 0 Å². The topological polar surface area (TPSA) is 23.5 Å². The summed E-state index contributed by atoms with van der Waals surface area (Å²) in [6.45, 7) is 6.92. The van der Waals surface area contributed by atoms with Crippen LogP contribution in [0.2, 0.25) is 0 Å². The van der Waals surface area contributed by atoms with Crippen molar-refractivity contribution in [1.29, 1.82) is 0 Å². The molecule has 1 atom stereocenters. The second-order valence-corrected chi connectivity index (χ2v) is 3.41. The molecule has 1 rings (SSSR count). The van der Waals surface area contributed by atoms with Crippen LogP contribution in [0.5, 0.6) is 0 Å². The zero-order chi connectivity index (χ0) is 10.4. The molecule has 78 valence electrons. The van der Waals surface area contributed by atoms with Crippen molar-refractivity contribution in [2.24, 2.45) is 0 Å². The number of hydrogen-bond acceptors (Lipinski definition) is 2. The van der Waals surface area contributed by atoms with Gasteiger partial charge in [0, 0.05) is 6.54 Å². The average molecular weight is 193 g/mol. The van der Waals surface area contributed by atoms with Crippen molar-refractivity contribution < 1.29 is 5.11 Å². The van der Waals surface area contributed by atoms with Gasteiger partial charge in [-0.3, -0.25) is 0 Å². The average Bonchev–Trinajstić information content (AvgIpc) is 2.26. The van der Waals surface area contributed by atoms with Crippen molar-refractivity contribution in [3.05, 3.63) is 35.9 Å². The summed E-state index contributed by atoms with van der Waals surface area (Å²) in [5, 5.41) is 9.91. The molecule has 0 bridgehead atoms. The standard InChI is InChI=1S/C12H19NO/c1-3-13(4-2)10-12(14)11-8-6-5-7-9-11/h5-9,12,14H,3-4,10H2,1-2H3/t12-/m0/s1. The third kappa shape index (κ3) is 3.13. The Labute approximate surface area is 86.2 Å². The first kappa shape index (κ1) is 11.2. The Hall–Kier alpha value is -0.860. The molecule has 14 heavy (non-hydrogen) atoms. The lowest BCUT2D eigenvalue weighted by molar-refractivity contribution is 0.119. The lowest BCUT2D eigenvalue weighted by Gasteiger charge is -2.21. The van der Waals surface area contributed by atoms with Crippen LogP contribution in [-0.2, 0) is 0 Å². The lowest BCUT2D eigenvalue weighted by atomic mass is 10.1. The molecule has 2 nitrogen and oxygen atoms in total. The molecule has 0 aliphatic rings. The molecule has 0 fully saturated rings. The second kappa shape index (κ2) is 5.78. The Balaban J connectivity index is 2.54. The highest BCUT2D eigenvalue weighted by molar-refractivity contribution is 5.17. The molecule has 0 spiro atoms. The van der Waals surface area contributed by atoms with Crippen molar-refractivity contribution in [1.82, 2.24) is 4.90 Å². The fourth-order valence-electron chi connectivity index (χ4n) is 1.51. The first-order chi connectivity index (χ1) is 6.77. The van der Waals surface area contributed by atoms with E-state index in [1.807, 2.05) is 30.3 Å². The molecule has 0 aliphatic heterocycles. The van der Waals surface area contributed by atoms with Crippen molar-refractivity contribution >= 4 is 0 Å². The third-order valence-corrected chi connectivity index (χ3v) is 2.51. The van der Waals surface area contributed by atoms with Crippen LogP contribution >= 0.6 is 0 Å². The Kier molecular flexibility index (Phi) is 4.63. The van der Waals surface area contributed by atoms with E-state index in [1.165, 1.54) is 0 Å². The largest absolute Gasteiger partial charge is 0.387 e. The maximum atomic E-state index is 9.91. The van der Waals surface area contributed by atoms with E-state index in [1.54, 1.807) is 0 Å². The van der Waals surface area contributed by atoms with E-state index < -0.39 is 0 Å². The molecule has 0 unspecified atom stereocenters. The second-order valence-electron chi connectivity index (χ2n) is 3.41. The normalized spacial score (nSPS) is 13.1. The van der Waals surface area contributed by atoms with Gasteiger partial charge in [-0.25, -0.2) is 0 Å². The van der Waals surface area contributed by atoms with Gasteiger partial charge in [0.2, 0.25) is 0 Å². The summed E-state index contributed by atoms with van der Waals surface area (Å²) in [5.41, 5.74) is 0.999. The molecule has 0 aromatic heterocycles. The molecule has 1 aromatic carbocycles. The molecule has 0 aliphatic carbocycles. The molecule has 1 N–H and O–H groups in total. The molecule has 0 radical (unpaired) electrons.